The summed E-state index contributed by atoms with van der Waals surface area (Å²) in [5, 5.41) is 1.40. The zero-order valence-electron chi connectivity index (χ0n) is 11.6. The smallest absolute Gasteiger partial charge is 0.0586 e. The number of hydrogen-bond donors (Lipinski definition) is 0. The van der Waals surface area contributed by atoms with Gasteiger partial charge in [-0.1, -0.05) is 35.4 Å². The average Bonchev–Trinajstić information content (AvgIpc) is 2.99. The normalized spacial score (nSPS) is 31.7. The van der Waals surface area contributed by atoms with Crippen molar-refractivity contribution in [3.05, 3.63) is 0 Å². The van der Waals surface area contributed by atoms with Crippen molar-refractivity contribution < 1.29 is 9.47 Å². The minimum atomic E-state index is 0.529. The molecule has 0 saturated carbocycles. The lowest BCUT2D eigenvalue weighted by Gasteiger charge is -2.19. The maximum atomic E-state index is 5.70. The summed E-state index contributed by atoms with van der Waals surface area (Å²) in [5.41, 5.74) is 0. The van der Waals surface area contributed by atoms with E-state index in [0.717, 1.165) is 13.2 Å². The first kappa shape index (κ1) is 15.0. The summed E-state index contributed by atoms with van der Waals surface area (Å²) >= 11 is 0. The molecule has 2 fully saturated rings. The maximum Gasteiger partial charge on any atom is 0.0586 e. The largest absolute Gasteiger partial charge is 0.378 e. The highest BCUT2D eigenvalue weighted by Crippen LogP contribution is 2.37. The van der Waals surface area contributed by atoms with Crippen molar-refractivity contribution >= 4 is 21.6 Å². The molecule has 0 N–H and O–H groups in total. The molecule has 2 rings (SSSR count). The molecule has 0 spiro atoms. The van der Waals surface area contributed by atoms with Crippen molar-refractivity contribution in [3.8, 4) is 0 Å². The third kappa shape index (κ3) is 5.32. The third-order valence-electron chi connectivity index (χ3n) is 3.62. The summed E-state index contributed by atoms with van der Waals surface area (Å²) in [4.78, 5) is 0. The highest BCUT2D eigenvalue weighted by molar-refractivity contribution is 8.77. The van der Waals surface area contributed by atoms with Crippen LogP contribution in [-0.2, 0) is 9.47 Å². The molecule has 2 aliphatic rings. The van der Waals surface area contributed by atoms with Crippen molar-refractivity contribution in [1.29, 1.82) is 0 Å². The SMILES string of the molecule is CC(CC1CCCO1)SSC(C)CC1CCCO1. The van der Waals surface area contributed by atoms with Crippen molar-refractivity contribution in [2.45, 2.75) is 75.1 Å². The van der Waals surface area contributed by atoms with Gasteiger partial charge in [-0.2, -0.15) is 0 Å². The lowest BCUT2D eigenvalue weighted by molar-refractivity contribution is 0.104. The van der Waals surface area contributed by atoms with E-state index in [1.165, 1.54) is 38.5 Å². The van der Waals surface area contributed by atoms with Gasteiger partial charge in [0.2, 0.25) is 0 Å². The first-order valence-corrected chi connectivity index (χ1v) is 9.57. The zero-order chi connectivity index (χ0) is 12.8. The van der Waals surface area contributed by atoms with Crippen molar-refractivity contribution in [2.24, 2.45) is 0 Å². The van der Waals surface area contributed by atoms with E-state index in [1.54, 1.807) is 0 Å². The molecular weight excluding hydrogens is 264 g/mol. The van der Waals surface area contributed by atoms with Gasteiger partial charge in [0.15, 0.2) is 0 Å². The van der Waals surface area contributed by atoms with E-state index in [9.17, 15) is 0 Å². The lowest BCUT2D eigenvalue weighted by Crippen LogP contribution is -2.13. The predicted molar refractivity (Wildman–Crippen MR) is 81.3 cm³/mol. The Morgan fingerprint density at radius 2 is 1.33 bits per heavy atom. The maximum absolute atomic E-state index is 5.70. The summed E-state index contributed by atoms with van der Waals surface area (Å²) in [6.07, 6.45) is 8.52. The van der Waals surface area contributed by atoms with Gasteiger partial charge >= 0.3 is 0 Å². The molecule has 18 heavy (non-hydrogen) atoms. The Kier molecular flexibility index (Phi) is 6.70. The Morgan fingerprint density at radius 3 is 1.67 bits per heavy atom. The molecule has 4 atom stereocenters. The molecular formula is C14H26O2S2. The van der Waals surface area contributed by atoms with Gasteiger partial charge in [-0.15, -0.1) is 0 Å². The Morgan fingerprint density at radius 1 is 0.889 bits per heavy atom. The van der Waals surface area contributed by atoms with Crippen LogP contribution in [0.1, 0.15) is 52.4 Å². The van der Waals surface area contributed by atoms with Gasteiger partial charge in [0.05, 0.1) is 12.2 Å². The standard InChI is InChI=1S/C14H26O2S2/c1-11(9-13-5-3-7-15-13)17-18-12(2)10-14-6-4-8-16-14/h11-14H,3-10H2,1-2H3. The fourth-order valence-electron chi connectivity index (χ4n) is 2.67. The van der Waals surface area contributed by atoms with Gasteiger partial charge in [0.25, 0.3) is 0 Å². The van der Waals surface area contributed by atoms with Crippen LogP contribution in [0.5, 0.6) is 0 Å². The molecule has 0 aliphatic carbocycles. The molecule has 0 aromatic rings. The van der Waals surface area contributed by atoms with Gasteiger partial charge in [0.1, 0.15) is 0 Å². The van der Waals surface area contributed by atoms with Crippen LogP contribution in [0.25, 0.3) is 0 Å². The van der Waals surface area contributed by atoms with Crippen molar-refractivity contribution in [3.63, 3.8) is 0 Å². The van der Waals surface area contributed by atoms with Crippen LogP contribution in [-0.4, -0.2) is 35.9 Å². The minimum Gasteiger partial charge on any atom is -0.378 e. The van der Waals surface area contributed by atoms with Crippen LogP contribution in [0.15, 0.2) is 0 Å². The van der Waals surface area contributed by atoms with Crippen molar-refractivity contribution in [1.82, 2.24) is 0 Å². The van der Waals surface area contributed by atoms with Gasteiger partial charge in [-0.3, -0.25) is 0 Å². The highest BCUT2D eigenvalue weighted by Gasteiger charge is 2.21. The Hall–Kier alpha value is 0.620. The first-order chi connectivity index (χ1) is 8.74. The summed E-state index contributed by atoms with van der Waals surface area (Å²) in [7, 11) is 4.07. The van der Waals surface area contributed by atoms with Gasteiger partial charge in [0, 0.05) is 23.7 Å². The van der Waals surface area contributed by atoms with Gasteiger partial charge in [-0.25, -0.2) is 0 Å². The topological polar surface area (TPSA) is 18.5 Å². The van der Waals surface area contributed by atoms with Crippen LogP contribution >= 0.6 is 21.6 Å². The van der Waals surface area contributed by atoms with Crippen LogP contribution in [0, 0.1) is 0 Å². The average molecular weight is 290 g/mol. The zero-order valence-corrected chi connectivity index (χ0v) is 13.2. The molecule has 0 amide bonds. The van der Waals surface area contributed by atoms with E-state index in [1.807, 2.05) is 21.6 Å². The monoisotopic (exact) mass is 290 g/mol. The summed E-state index contributed by atoms with van der Waals surface area (Å²) < 4.78 is 11.4. The fourth-order valence-corrected chi connectivity index (χ4v) is 5.24. The second-order valence-electron chi connectivity index (χ2n) is 5.56. The van der Waals surface area contributed by atoms with E-state index in [2.05, 4.69) is 13.8 Å². The van der Waals surface area contributed by atoms with Crippen LogP contribution < -0.4 is 0 Å². The minimum absolute atomic E-state index is 0.529. The van der Waals surface area contributed by atoms with Crippen LogP contribution in [0.2, 0.25) is 0 Å². The quantitative estimate of drug-likeness (QED) is 0.651. The second kappa shape index (κ2) is 8.03. The van der Waals surface area contributed by atoms with Crippen molar-refractivity contribution in [2.75, 3.05) is 13.2 Å². The third-order valence-corrected chi connectivity index (χ3v) is 7.08. The predicted octanol–water partition coefficient (Wildman–Crippen LogP) is 4.28. The van der Waals surface area contributed by atoms with Crippen LogP contribution in [0.4, 0.5) is 0 Å². The Labute approximate surface area is 119 Å². The van der Waals surface area contributed by atoms with E-state index >= 15 is 0 Å². The summed E-state index contributed by atoms with van der Waals surface area (Å²) in [5.74, 6) is 0. The van der Waals surface area contributed by atoms with Gasteiger partial charge < -0.3 is 9.47 Å². The summed E-state index contributed by atoms with van der Waals surface area (Å²) in [6.45, 7) is 6.62. The number of rotatable bonds is 7. The molecule has 2 saturated heterocycles. The van der Waals surface area contributed by atoms with E-state index in [0.29, 0.717) is 22.7 Å². The Bertz CT molecular complexity index is 202. The molecule has 2 heterocycles. The molecule has 0 aromatic carbocycles. The molecule has 106 valence electrons. The number of hydrogen-bond acceptors (Lipinski definition) is 4. The summed E-state index contributed by atoms with van der Waals surface area (Å²) in [6, 6.07) is 0. The molecule has 0 aromatic heterocycles. The number of ether oxygens (including phenoxy) is 2. The molecule has 4 heteroatoms. The molecule has 0 radical (unpaired) electrons. The van der Waals surface area contributed by atoms with E-state index in [4.69, 9.17) is 9.47 Å². The molecule has 0 bridgehead atoms. The van der Waals surface area contributed by atoms with Gasteiger partial charge in [-0.05, 0) is 38.5 Å². The second-order valence-corrected chi connectivity index (χ2v) is 8.70. The van der Waals surface area contributed by atoms with E-state index < -0.39 is 0 Å². The Balaban J connectivity index is 1.54. The van der Waals surface area contributed by atoms with E-state index in [-0.39, 0.29) is 0 Å². The molecule has 2 nitrogen and oxygen atoms in total. The first-order valence-electron chi connectivity index (χ1n) is 7.29. The van der Waals surface area contributed by atoms with Crippen LogP contribution in [0.3, 0.4) is 0 Å². The highest BCUT2D eigenvalue weighted by atomic mass is 33.1. The molecule has 2 aliphatic heterocycles. The lowest BCUT2D eigenvalue weighted by atomic mass is 10.1. The molecule has 4 unspecified atom stereocenters. The fraction of sp³-hybridized carbons (Fsp3) is 1.00.